The monoisotopic (exact) mass is 357 g/mol. The maximum Gasteiger partial charge on any atom is 0.264 e. The van der Waals surface area contributed by atoms with Crippen molar-refractivity contribution in [3.63, 3.8) is 0 Å². The highest BCUT2D eigenvalue weighted by Gasteiger charge is 2.09. The maximum atomic E-state index is 5.87. The van der Waals surface area contributed by atoms with E-state index in [1.807, 2.05) is 43.3 Å². The van der Waals surface area contributed by atoms with E-state index < -0.39 is 0 Å². The fraction of sp³-hybridized carbons (Fsp3) is 0.167. The minimum absolute atomic E-state index is 0.187. The molecule has 0 N–H and O–H groups in total. The van der Waals surface area contributed by atoms with E-state index in [1.54, 1.807) is 18.3 Å². The minimum atomic E-state index is 0.187. The lowest BCUT2D eigenvalue weighted by Crippen LogP contribution is -1.96. The third kappa shape index (κ3) is 4.81. The first-order valence-corrected chi connectivity index (χ1v) is 8.09. The second-order valence-corrected chi connectivity index (χ2v) is 5.47. The van der Waals surface area contributed by atoms with Crippen LogP contribution in [0.5, 0.6) is 5.75 Å². The van der Waals surface area contributed by atoms with Crippen molar-refractivity contribution >= 4 is 17.8 Å². The lowest BCUT2D eigenvalue weighted by Gasteiger charge is -2.03. The predicted octanol–water partition coefficient (Wildman–Crippen LogP) is 4.34. The molecule has 0 amide bonds. The third-order valence-corrected chi connectivity index (χ3v) is 3.47. The Morgan fingerprint density at radius 2 is 1.88 bits per heavy atom. The molecule has 6 nitrogen and oxygen atoms in total. The molecule has 2 aromatic carbocycles. The number of halogens is 1. The first kappa shape index (κ1) is 17.0. The van der Waals surface area contributed by atoms with Gasteiger partial charge < -0.3 is 14.1 Å². The lowest BCUT2D eigenvalue weighted by atomic mass is 10.2. The predicted molar refractivity (Wildman–Crippen MR) is 94.7 cm³/mol. The normalized spacial score (nSPS) is 11.0. The van der Waals surface area contributed by atoms with Gasteiger partial charge in [-0.3, -0.25) is 0 Å². The average Bonchev–Trinajstić information content (AvgIpc) is 3.11. The maximum absolute atomic E-state index is 5.87. The highest BCUT2D eigenvalue weighted by molar-refractivity contribution is 6.30. The van der Waals surface area contributed by atoms with E-state index in [1.165, 1.54) is 0 Å². The van der Waals surface area contributed by atoms with Crippen LogP contribution in [0.3, 0.4) is 0 Å². The molecule has 25 heavy (non-hydrogen) atoms. The van der Waals surface area contributed by atoms with Gasteiger partial charge in [0.15, 0.2) is 6.61 Å². The molecule has 3 aromatic rings. The van der Waals surface area contributed by atoms with Gasteiger partial charge in [0.05, 0.1) is 6.21 Å². The molecule has 0 aliphatic carbocycles. The largest absolute Gasteiger partial charge is 0.484 e. The van der Waals surface area contributed by atoms with Crippen molar-refractivity contribution in [2.24, 2.45) is 5.16 Å². The number of benzene rings is 2. The highest BCUT2D eigenvalue weighted by Crippen LogP contribution is 2.19. The van der Waals surface area contributed by atoms with Crippen LogP contribution < -0.4 is 4.74 Å². The molecule has 0 saturated heterocycles. The molecular formula is C18H16ClN3O3. The first-order valence-electron chi connectivity index (χ1n) is 7.71. The van der Waals surface area contributed by atoms with Gasteiger partial charge in [-0.05, 0) is 61.0 Å². The van der Waals surface area contributed by atoms with Crippen molar-refractivity contribution in [1.29, 1.82) is 0 Å². The van der Waals surface area contributed by atoms with E-state index >= 15 is 0 Å². The zero-order chi connectivity index (χ0) is 17.5. The molecule has 0 bridgehead atoms. The van der Waals surface area contributed by atoms with E-state index in [-0.39, 0.29) is 6.61 Å². The fourth-order valence-corrected chi connectivity index (χ4v) is 2.12. The minimum Gasteiger partial charge on any atom is -0.484 e. The second-order valence-electron chi connectivity index (χ2n) is 5.03. The molecule has 1 heterocycles. The molecule has 0 spiro atoms. The number of rotatable bonds is 7. The van der Waals surface area contributed by atoms with Gasteiger partial charge in [0.25, 0.3) is 5.89 Å². The zero-order valence-corrected chi connectivity index (χ0v) is 14.3. The van der Waals surface area contributed by atoms with Gasteiger partial charge in [-0.15, -0.1) is 0 Å². The summed E-state index contributed by atoms with van der Waals surface area (Å²) in [6.45, 7) is 2.61. The SMILES string of the molecule is CCO/N=C/c1ccc(OCc2nc(-c3ccc(Cl)cc3)no2)cc1. The molecule has 7 heteroatoms. The summed E-state index contributed by atoms with van der Waals surface area (Å²) in [4.78, 5) is 9.23. The molecule has 1 aromatic heterocycles. The highest BCUT2D eigenvalue weighted by atomic mass is 35.5. The summed E-state index contributed by atoms with van der Waals surface area (Å²) in [6, 6.07) is 14.7. The summed E-state index contributed by atoms with van der Waals surface area (Å²) in [5.41, 5.74) is 1.75. The number of hydrogen-bond donors (Lipinski definition) is 0. The molecule has 0 fully saturated rings. The Morgan fingerprint density at radius 1 is 1.12 bits per heavy atom. The van der Waals surface area contributed by atoms with Crippen molar-refractivity contribution in [3.05, 3.63) is 65.0 Å². The molecule has 0 saturated carbocycles. The molecule has 0 aliphatic rings. The van der Waals surface area contributed by atoms with Gasteiger partial charge in [-0.25, -0.2) is 0 Å². The zero-order valence-electron chi connectivity index (χ0n) is 13.6. The Bertz CT molecular complexity index is 830. The van der Waals surface area contributed by atoms with Crippen LogP contribution in [-0.4, -0.2) is 23.0 Å². The van der Waals surface area contributed by atoms with Crippen LogP contribution in [0, 0.1) is 0 Å². The van der Waals surface area contributed by atoms with Crippen LogP contribution in [-0.2, 0) is 11.4 Å². The summed E-state index contributed by atoms with van der Waals surface area (Å²) >= 11 is 5.87. The molecule has 0 aliphatic heterocycles. The van der Waals surface area contributed by atoms with Gasteiger partial charge in [0.2, 0.25) is 5.82 Å². The molecule has 128 valence electrons. The number of hydrogen-bond acceptors (Lipinski definition) is 6. The third-order valence-electron chi connectivity index (χ3n) is 3.22. The summed E-state index contributed by atoms with van der Waals surface area (Å²) in [6.07, 6.45) is 1.64. The quantitative estimate of drug-likeness (QED) is 0.464. The Balaban J connectivity index is 1.58. The van der Waals surface area contributed by atoms with Gasteiger partial charge >= 0.3 is 0 Å². The molecular weight excluding hydrogens is 342 g/mol. The summed E-state index contributed by atoms with van der Waals surface area (Å²) < 4.78 is 10.9. The number of nitrogens with zero attached hydrogens (tertiary/aromatic N) is 3. The van der Waals surface area contributed by atoms with Crippen molar-refractivity contribution in [1.82, 2.24) is 10.1 Å². The molecule has 0 radical (unpaired) electrons. The molecule has 0 unspecified atom stereocenters. The van der Waals surface area contributed by atoms with E-state index in [4.69, 9.17) is 25.7 Å². The Morgan fingerprint density at radius 3 is 2.60 bits per heavy atom. The smallest absolute Gasteiger partial charge is 0.264 e. The fourth-order valence-electron chi connectivity index (χ4n) is 2.00. The van der Waals surface area contributed by atoms with Crippen molar-refractivity contribution in [2.45, 2.75) is 13.5 Å². The number of oxime groups is 1. The van der Waals surface area contributed by atoms with E-state index in [2.05, 4.69) is 15.3 Å². The Hall–Kier alpha value is -2.86. The van der Waals surface area contributed by atoms with E-state index in [0.29, 0.717) is 29.1 Å². The van der Waals surface area contributed by atoms with Crippen LogP contribution in [0.2, 0.25) is 5.02 Å². The van der Waals surface area contributed by atoms with Crippen LogP contribution >= 0.6 is 11.6 Å². The topological polar surface area (TPSA) is 69.7 Å². The van der Waals surface area contributed by atoms with Crippen molar-refractivity contribution in [3.8, 4) is 17.1 Å². The van der Waals surface area contributed by atoms with E-state index in [0.717, 1.165) is 11.1 Å². The average molecular weight is 358 g/mol. The van der Waals surface area contributed by atoms with Crippen molar-refractivity contribution in [2.75, 3.05) is 6.61 Å². The lowest BCUT2D eigenvalue weighted by molar-refractivity contribution is 0.160. The van der Waals surface area contributed by atoms with Crippen LogP contribution in [0.1, 0.15) is 18.4 Å². The number of aromatic nitrogens is 2. The summed E-state index contributed by atoms with van der Waals surface area (Å²) in [7, 11) is 0. The summed E-state index contributed by atoms with van der Waals surface area (Å²) in [5, 5.41) is 8.41. The number of ether oxygens (including phenoxy) is 1. The van der Waals surface area contributed by atoms with Crippen LogP contribution in [0.25, 0.3) is 11.4 Å². The molecule has 0 atom stereocenters. The standard InChI is InChI=1S/C18H16ClN3O3/c1-2-24-20-11-13-3-9-16(10-4-13)23-12-17-21-18(22-25-17)14-5-7-15(19)8-6-14/h3-11H,2,12H2,1H3/b20-11+. The van der Waals surface area contributed by atoms with E-state index in [9.17, 15) is 0 Å². The molecule has 3 rings (SSSR count). The first-order chi connectivity index (χ1) is 12.2. The van der Waals surface area contributed by atoms with Crippen LogP contribution in [0.4, 0.5) is 0 Å². The summed E-state index contributed by atoms with van der Waals surface area (Å²) in [5.74, 6) is 1.59. The van der Waals surface area contributed by atoms with Gasteiger partial charge in [-0.2, -0.15) is 4.98 Å². The second kappa shape index (κ2) is 8.30. The van der Waals surface area contributed by atoms with Crippen molar-refractivity contribution < 1.29 is 14.1 Å². The Labute approximate surface area is 150 Å². The van der Waals surface area contributed by atoms with Gasteiger partial charge in [-0.1, -0.05) is 21.9 Å². The van der Waals surface area contributed by atoms with Gasteiger partial charge in [0.1, 0.15) is 12.4 Å². The van der Waals surface area contributed by atoms with Crippen LogP contribution in [0.15, 0.2) is 58.2 Å². The Kier molecular flexibility index (Phi) is 5.64. The van der Waals surface area contributed by atoms with Gasteiger partial charge in [0, 0.05) is 10.6 Å².